The number of nitrogens with zero attached hydrogens (tertiary/aromatic N) is 6. The van der Waals surface area contributed by atoms with E-state index >= 15 is 0 Å². The zero-order valence-corrected chi connectivity index (χ0v) is 18.7. The summed E-state index contributed by atoms with van der Waals surface area (Å²) in [5.74, 6) is 0.718. The van der Waals surface area contributed by atoms with E-state index in [0.29, 0.717) is 22.0 Å². The summed E-state index contributed by atoms with van der Waals surface area (Å²) in [6, 6.07) is 9.09. The van der Waals surface area contributed by atoms with Crippen molar-refractivity contribution in [2.45, 2.75) is 33.2 Å². The van der Waals surface area contributed by atoms with Gasteiger partial charge in [-0.1, -0.05) is 25.4 Å². The highest BCUT2D eigenvalue weighted by Crippen LogP contribution is 2.25. The first-order valence-electron chi connectivity index (χ1n) is 10.1. The number of aryl methyl sites for hydroxylation is 1. The van der Waals surface area contributed by atoms with E-state index in [2.05, 4.69) is 30.4 Å². The number of benzene rings is 1. The Hall–Kier alpha value is -3.65. The Morgan fingerprint density at radius 2 is 1.91 bits per heavy atom. The molecule has 0 aliphatic carbocycles. The van der Waals surface area contributed by atoms with Crippen molar-refractivity contribution in [1.29, 1.82) is 0 Å². The van der Waals surface area contributed by atoms with Gasteiger partial charge in [0.05, 0.1) is 40.5 Å². The molecule has 8 nitrogen and oxygen atoms in total. The van der Waals surface area contributed by atoms with Crippen LogP contribution in [0.5, 0.6) is 0 Å². The molecule has 0 saturated heterocycles. The summed E-state index contributed by atoms with van der Waals surface area (Å²) in [7, 11) is 0. The number of carbonyl (C=O) groups is 1. The summed E-state index contributed by atoms with van der Waals surface area (Å²) in [6.45, 7) is 6.22. The molecule has 0 aliphatic rings. The maximum Gasteiger partial charge on any atom is 0.251 e. The van der Waals surface area contributed by atoms with Crippen LogP contribution in [-0.4, -0.2) is 35.6 Å². The highest BCUT2D eigenvalue weighted by atomic mass is 35.5. The maximum atomic E-state index is 13.0. The number of hydrogen-bond donors (Lipinski definition) is 1. The van der Waals surface area contributed by atoms with Crippen LogP contribution in [0.15, 0.2) is 55.2 Å². The summed E-state index contributed by atoms with van der Waals surface area (Å²) in [5, 5.41) is 7.82. The van der Waals surface area contributed by atoms with Gasteiger partial charge in [0.2, 0.25) is 0 Å². The number of carbonyl (C=O) groups excluding carboxylic acids is 1. The van der Waals surface area contributed by atoms with Gasteiger partial charge in [-0.05, 0) is 37.3 Å². The summed E-state index contributed by atoms with van der Waals surface area (Å²) in [5.41, 5.74) is 4.16. The molecule has 0 unspecified atom stereocenters. The van der Waals surface area contributed by atoms with E-state index in [1.807, 2.05) is 32.9 Å². The highest BCUT2D eigenvalue weighted by molar-refractivity contribution is 6.30. The van der Waals surface area contributed by atoms with Gasteiger partial charge in [-0.15, -0.1) is 0 Å². The Balaban J connectivity index is 1.71. The third-order valence-corrected chi connectivity index (χ3v) is 5.03. The van der Waals surface area contributed by atoms with Crippen molar-refractivity contribution < 1.29 is 4.79 Å². The Morgan fingerprint density at radius 3 is 2.59 bits per heavy atom. The molecule has 162 valence electrons. The molecule has 0 atom stereocenters. The molecule has 4 rings (SSSR count). The molecule has 0 aliphatic heterocycles. The number of hydrogen-bond acceptors (Lipinski definition) is 6. The lowest BCUT2D eigenvalue weighted by molar-refractivity contribution is 0.0950. The number of aromatic nitrogens is 6. The molecule has 1 N–H and O–H groups in total. The van der Waals surface area contributed by atoms with Crippen molar-refractivity contribution in [1.82, 2.24) is 35.0 Å². The highest BCUT2D eigenvalue weighted by Gasteiger charge is 2.16. The Morgan fingerprint density at radius 1 is 1.06 bits per heavy atom. The second kappa shape index (κ2) is 9.23. The van der Waals surface area contributed by atoms with Crippen molar-refractivity contribution in [3.05, 3.63) is 83.0 Å². The topological polar surface area (TPSA) is 98.5 Å². The first kappa shape index (κ1) is 21.6. The average molecular weight is 448 g/mol. The second-order valence-electron chi connectivity index (χ2n) is 7.65. The quantitative estimate of drug-likeness (QED) is 0.477. The van der Waals surface area contributed by atoms with Crippen LogP contribution in [0.25, 0.3) is 16.9 Å². The smallest absolute Gasteiger partial charge is 0.251 e. The van der Waals surface area contributed by atoms with Crippen molar-refractivity contribution in [3.63, 3.8) is 0 Å². The lowest BCUT2D eigenvalue weighted by Gasteiger charge is -2.13. The number of rotatable bonds is 6. The molecule has 0 fully saturated rings. The lowest BCUT2D eigenvalue weighted by atomic mass is 10.0. The fourth-order valence-electron chi connectivity index (χ4n) is 3.19. The third-order valence-electron chi connectivity index (χ3n) is 4.80. The number of halogens is 1. The predicted molar refractivity (Wildman–Crippen MR) is 122 cm³/mol. The van der Waals surface area contributed by atoms with Crippen molar-refractivity contribution >= 4 is 17.5 Å². The van der Waals surface area contributed by atoms with Crippen molar-refractivity contribution in [3.8, 4) is 16.9 Å². The monoisotopic (exact) mass is 447 g/mol. The van der Waals surface area contributed by atoms with Crippen LogP contribution in [0.1, 0.15) is 47.3 Å². The first-order chi connectivity index (χ1) is 15.4. The van der Waals surface area contributed by atoms with Gasteiger partial charge in [-0.25, -0.2) is 9.67 Å². The van der Waals surface area contributed by atoms with Crippen LogP contribution in [-0.2, 0) is 6.54 Å². The van der Waals surface area contributed by atoms with E-state index in [4.69, 9.17) is 11.6 Å². The molecular weight excluding hydrogens is 426 g/mol. The van der Waals surface area contributed by atoms with E-state index in [9.17, 15) is 4.79 Å². The molecule has 9 heteroatoms. The summed E-state index contributed by atoms with van der Waals surface area (Å²) in [6.07, 6.45) is 6.41. The average Bonchev–Trinajstić information content (AvgIpc) is 3.29. The Labute approximate surface area is 190 Å². The number of nitrogens with one attached hydrogen (secondary N) is 1. The van der Waals surface area contributed by atoms with Gasteiger partial charge in [0, 0.05) is 29.4 Å². The van der Waals surface area contributed by atoms with Gasteiger partial charge in [-0.3, -0.25) is 19.7 Å². The van der Waals surface area contributed by atoms with E-state index < -0.39 is 0 Å². The van der Waals surface area contributed by atoms with E-state index in [0.717, 1.165) is 22.8 Å². The van der Waals surface area contributed by atoms with Gasteiger partial charge >= 0.3 is 0 Å². The molecule has 0 spiro atoms. The summed E-state index contributed by atoms with van der Waals surface area (Å²) >= 11 is 6.00. The first-order valence-corrected chi connectivity index (χ1v) is 10.5. The van der Waals surface area contributed by atoms with Gasteiger partial charge in [0.25, 0.3) is 5.91 Å². The van der Waals surface area contributed by atoms with Gasteiger partial charge in [0.1, 0.15) is 12.2 Å². The minimum Gasteiger partial charge on any atom is -0.346 e. The molecule has 3 aromatic heterocycles. The molecular formula is C23H22ClN7O. The standard InChI is InChI=1S/C23H22ClN7O/c1-14(2)22-29-13-30-31(22)20-7-16(21-5-4-18(24)10-27-21)6-17(8-20)23(32)28-12-19-11-25-15(3)9-26-19/h4-11,13-14H,12H2,1-3H3,(H,28,32). The molecule has 32 heavy (non-hydrogen) atoms. The molecule has 0 radical (unpaired) electrons. The SMILES string of the molecule is Cc1cnc(CNC(=O)c2cc(-c3ccc(Cl)cn3)cc(-n3ncnc3C(C)C)c2)cn1. The molecule has 1 aromatic carbocycles. The lowest BCUT2D eigenvalue weighted by Crippen LogP contribution is -2.23. The van der Waals surface area contributed by atoms with Gasteiger partial charge < -0.3 is 5.32 Å². The zero-order valence-electron chi connectivity index (χ0n) is 18.0. The third kappa shape index (κ3) is 4.81. The molecule has 3 heterocycles. The molecule has 4 aromatic rings. The maximum absolute atomic E-state index is 13.0. The summed E-state index contributed by atoms with van der Waals surface area (Å²) < 4.78 is 1.74. The number of amides is 1. The van der Waals surface area contributed by atoms with E-state index in [1.54, 1.807) is 41.5 Å². The molecule has 0 bridgehead atoms. The van der Waals surface area contributed by atoms with Crippen LogP contribution in [0, 0.1) is 6.92 Å². The Kier molecular flexibility index (Phi) is 6.23. The van der Waals surface area contributed by atoms with Crippen molar-refractivity contribution in [2.24, 2.45) is 0 Å². The summed E-state index contributed by atoms with van der Waals surface area (Å²) in [4.78, 5) is 30.3. The largest absolute Gasteiger partial charge is 0.346 e. The predicted octanol–water partition coefficient (Wildman–Crippen LogP) is 4.13. The van der Waals surface area contributed by atoms with Crippen LogP contribution in [0.2, 0.25) is 5.02 Å². The van der Waals surface area contributed by atoms with Crippen LogP contribution >= 0.6 is 11.6 Å². The van der Waals surface area contributed by atoms with Crippen molar-refractivity contribution in [2.75, 3.05) is 0 Å². The number of pyridine rings is 1. The fourth-order valence-corrected chi connectivity index (χ4v) is 3.30. The van der Waals surface area contributed by atoms with Crippen LogP contribution in [0.3, 0.4) is 0 Å². The minimum atomic E-state index is -0.240. The molecule has 0 saturated carbocycles. The minimum absolute atomic E-state index is 0.159. The van der Waals surface area contributed by atoms with E-state index in [1.165, 1.54) is 6.33 Å². The normalized spacial score (nSPS) is 11.0. The van der Waals surface area contributed by atoms with Gasteiger partial charge in [-0.2, -0.15) is 5.10 Å². The molecule has 1 amide bonds. The van der Waals surface area contributed by atoms with Crippen LogP contribution in [0.4, 0.5) is 0 Å². The van der Waals surface area contributed by atoms with Crippen LogP contribution < -0.4 is 5.32 Å². The van der Waals surface area contributed by atoms with Gasteiger partial charge in [0.15, 0.2) is 0 Å². The van der Waals surface area contributed by atoms with E-state index in [-0.39, 0.29) is 18.4 Å². The fraction of sp³-hybridized carbons (Fsp3) is 0.217. The zero-order chi connectivity index (χ0) is 22.7. The second-order valence-corrected chi connectivity index (χ2v) is 8.08. The Bertz CT molecular complexity index is 1230.